The fraction of sp³-hybridized carbons (Fsp3) is 0.700. The van der Waals surface area contributed by atoms with Gasteiger partial charge in [-0.15, -0.1) is 0 Å². The molecule has 0 saturated carbocycles. The first-order valence-electron chi connectivity index (χ1n) is 4.59. The molecule has 0 saturated heterocycles. The van der Waals surface area contributed by atoms with Crippen molar-refractivity contribution in [2.24, 2.45) is 11.1 Å². The molecule has 0 bridgehead atoms. The molecule has 0 spiro atoms. The molecule has 3 heteroatoms. The maximum Gasteiger partial charge on any atom is 0.210 e. The quantitative estimate of drug-likeness (QED) is 0.763. The first-order chi connectivity index (χ1) is 5.88. The average molecular weight is 182 g/mol. The number of nitrogens with zero attached hydrogens (tertiary/aromatic N) is 1. The Kier molecular flexibility index (Phi) is 2.76. The van der Waals surface area contributed by atoms with Crippen molar-refractivity contribution in [2.75, 3.05) is 0 Å². The highest BCUT2D eigenvalue weighted by Crippen LogP contribution is 2.21. The van der Waals surface area contributed by atoms with E-state index in [0.717, 1.165) is 12.2 Å². The molecule has 0 aromatic carbocycles. The first kappa shape index (κ1) is 10.3. The Morgan fingerprint density at radius 3 is 2.54 bits per heavy atom. The van der Waals surface area contributed by atoms with Crippen LogP contribution in [0.2, 0.25) is 0 Å². The van der Waals surface area contributed by atoms with Gasteiger partial charge in [-0.1, -0.05) is 20.8 Å². The molecular formula is C10H18N2O. The first-order valence-corrected chi connectivity index (χ1v) is 4.59. The molecule has 74 valence electrons. The van der Waals surface area contributed by atoms with Crippen LogP contribution in [-0.4, -0.2) is 4.98 Å². The molecule has 1 rings (SSSR count). The fourth-order valence-corrected chi connectivity index (χ4v) is 1.14. The van der Waals surface area contributed by atoms with Gasteiger partial charge in [0.25, 0.3) is 0 Å². The zero-order valence-corrected chi connectivity index (χ0v) is 8.79. The van der Waals surface area contributed by atoms with E-state index >= 15 is 0 Å². The second-order valence-corrected chi connectivity index (χ2v) is 4.69. The van der Waals surface area contributed by atoms with Gasteiger partial charge in [0.2, 0.25) is 5.89 Å². The Bertz CT molecular complexity index is 271. The van der Waals surface area contributed by atoms with E-state index in [-0.39, 0.29) is 11.5 Å². The summed E-state index contributed by atoms with van der Waals surface area (Å²) in [5, 5.41) is 0. The van der Waals surface area contributed by atoms with Crippen LogP contribution in [0.1, 0.15) is 45.4 Å². The van der Waals surface area contributed by atoms with Crippen molar-refractivity contribution >= 4 is 0 Å². The number of hydrogen-bond donors (Lipinski definition) is 1. The fourth-order valence-electron chi connectivity index (χ4n) is 1.14. The maximum absolute atomic E-state index is 5.63. The summed E-state index contributed by atoms with van der Waals surface area (Å²) in [6.45, 7) is 8.37. The molecule has 0 radical (unpaired) electrons. The minimum atomic E-state index is -0.117. The van der Waals surface area contributed by atoms with Crippen molar-refractivity contribution in [3.63, 3.8) is 0 Å². The van der Waals surface area contributed by atoms with Gasteiger partial charge >= 0.3 is 0 Å². The molecule has 1 atom stereocenters. The van der Waals surface area contributed by atoms with Crippen LogP contribution in [0.25, 0.3) is 0 Å². The number of oxazole rings is 1. The lowest BCUT2D eigenvalue weighted by molar-refractivity contribution is 0.346. The van der Waals surface area contributed by atoms with Gasteiger partial charge in [-0.05, 0) is 12.3 Å². The molecule has 1 heterocycles. The number of aromatic nitrogens is 1. The molecule has 1 aromatic heterocycles. The summed E-state index contributed by atoms with van der Waals surface area (Å²) in [6.07, 6.45) is 2.66. The molecular weight excluding hydrogens is 164 g/mol. The third-order valence-electron chi connectivity index (χ3n) is 1.67. The van der Waals surface area contributed by atoms with Gasteiger partial charge in [-0.3, -0.25) is 0 Å². The Morgan fingerprint density at radius 2 is 2.15 bits per heavy atom. The van der Waals surface area contributed by atoms with Gasteiger partial charge in [-0.2, -0.15) is 0 Å². The smallest absolute Gasteiger partial charge is 0.210 e. The minimum Gasteiger partial charge on any atom is -0.444 e. The van der Waals surface area contributed by atoms with E-state index in [2.05, 4.69) is 25.8 Å². The van der Waals surface area contributed by atoms with Gasteiger partial charge < -0.3 is 10.2 Å². The van der Waals surface area contributed by atoms with E-state index in [0.29, 0.717) is 5.89 Å². The largest absolute Gasteiger partial charge is 0.444 e. The summed E-state index contributed by atoms with van der Waals surface area (Å²) in [5.41, 5.74) is 5.87. The SMILES string of the molecule is CC(N)c1ncc(CC(C)(C)C)o1. The van der Waals surface area contributed by atoms with Gasteiger partial charge in [0.15, 0.2) is 0 Å². The van der Waals surface area contributed by atoms with Crippen LogP contribution >= 0.6 is 0 Å². The zero-order chi connectivity index (χ0) is 10.1. The molecule has 13 heavy (non-hydrogen) atoms. The van der Waals surface area contributed by atoms with Crippen molar-refractivity contribution in [1.29, 1.82) is 0 Å². The summed E-state index contributed by atoms with van der Waals surface area (Å²) in [5.74, 6) is 1.54. The Hall–Kier alpha value is -0.830. The van der Waals surface area contributed by atoms with Crippen LogP contribution in [0.4, 0.5) is 0 Å². The lowest BCUT2D eigenvalue weighted by atomic mass is 9.91. The highest BCUT2D eigenvalue weighted by Gasteiger charge is 2.15. The van der Waals surface area contributed by atoms with E-state index in [9.17, 15) is 0 Å². The van der Waals surface area contributed by atoms with Gasteiger partial charge in [0, 0.05) is 6.42 Å². The standard InChI is InChI=1S/C10H18N2O/c1-7(11)9-12-6-8(13-9)5-10(2,3)4/h6-7H,5,11H2,1-4H3. The second kappa shape index (κ2) is 3.50. The number of rotatable bonds is 2. The third-order valence-corrected chi connectivity index (χ3v) is 1.67. The van der Waals surface area contributed by atoms with E-state index in [1.54, 1.807) is 6.20 Å². The zero-order valence-electron chi connectivity index (χ0n) is 8.79. The monoisotopic (exact) mass is 182 g/mol. The van der Waals surface area contributed by atoms with Gasteiger partial charge in [0.05, 0.1) is 12.2 Å². The maximum atomic E-state index is 5.63. The normalized spacial score (nSPS) is 14.5. The average Bonchev–Trinajstić information content (AvgIpc) is 2.31. The van der Waals surface area contributed by atoms with E-state index in [4.69, 9.17) is 10.2 Å². The number of hydrogen-bond acceptors (Lipinski definition) is 3. The third kappa shape index (κ3) is 3.19. The van der Waals surface area contributed by atoms with Crippen molar-refractivity contribution < 1.29 is 4.42 Å². The van der Waals surface area contributed by atoms with Gasteiger partial charge in [-0.25, -0.2) is 4.98 Å². The van der Waals surface area contributed by atoms with Crippen LogP contribution in [0, 0.1) is 5.41 Å². The van der Waals surface area contributed by atoms with E-state index in [1.165, 1.54) is 0 Å². The predicted molar refractivity (Wildman–Crippen MR) is 52.3 cm³/mol. The topological polar surface area (TPSA) is 52.0 Å². The number of nitrogens with two attached hydrogens (primary N) is 1. The summed E-state index contributed by atoms with van der Waals surface area (Å²) >= 11 is 0. The van der Waals surface area contributed by atoms with Crippen molar-refractivity contribution in [3.8, 4) is 0 Å². The predicted octanol–water partition coefficient (Wildman–Crippen LogP) is 2.28. The van der Waals surface area contributed by atoms with Crippen LogP contribution in [0.3, 0.4) is 0 Å². The molecule has 1 aromatic rings. The Balaban J connectivity index is 2.70. The molecule has 0 fully saturated rings. The van der Waals surface area contributed by atoms with Crippen molar-refractivity contribution in [3.05, 3.63) is 17.8 Å². The molecule has 3 nitrogen and oxygen atoms in total. The summed E-state index contributed by atoms with van der Waals surface area (Å²) in [4.78, 5) is 4.11. The van der Waals surface area contributed by atoms with Crippen molar-refractivity contribution in [2.45, 2.75) is 40.2 Å². The van der Waals surface area contributed by atoms with Crippen molar-refractivity contribution in [1.82, 2.24) is 4.98 Å². The highest BCUT2D eigenvalue weighted by molar-refractivity contribution is 4.98. The molecule has 2 N–H and O–H groups in total. The van der Waals surface area contributed by atoms with Crippen LogP contribution in [0.15, 0.2) is 10.6 Å². The molecule has 0 aliphatic rings. The Morgan fingerprint density at radius 1 is 1.54 bits per heavy atom. The van der Waals surface area contributed by atoms with Gasteiger partial charge in [0.1, 0.15) is 5.76 Å². The summed E-state index contributed by atoms with van der Waals surface area (Å²) < 4.78 is 5.48. The van der Waals surface area contributed by atoms with Crippen LogP contribution < -0.4 is 5.73 Å². The van der Waals surface area contributed by atoms with Crippen LogP contribution in [0.5, 0.6) is 0 Å². The van der Waals surface area contributed by atoms with E-state index < -0.39 is 0 Å². The molecule has 0 aliphatic heterocycles. The summed E-state index contributed by atoms with van der Waals surface area (Å²) in [7, 11) is 0. The lowest BCUT2D eigenvalue weighted by Crippen LogP contribution is -2.08. The molecule has 1 unspecified atom stereocenters. The summed E-state index contributed by atoms with van der Waals surface area (Å²) in [6, 6.07) is -0.117. The minimum absolute atomic E-state index is 0.117. The van der Waals surface area contributed by atoms with Crippen LogP contribution in [-0.2, 0) is 6.42 Å². The lowest BCUT2D eigenvalue weighted by Gasteiger charge is -2.15. The van der Waals surface area contributed by atoms with E-state index in [1.807, 2.05) is 6.92 Å². The second-order valence-electron chi connectivity index (χ2n) is 4.69. The Labute approximate surface area is 79.3 Å². The molecule has 0 aliphatic carbocycles. The molecule has 0 amide bonds. The highest BCUT2D eigenvalue weighted by atomic mass is 16.4.